The van der Waals surface area contributed by atoms with Crippen LogP contribution in [0.3, 0.4) is 0 Å². The van der Waals surface area contributed by atoms with Gasteiger partial charge in [0.15, 0.2) is 0 Å². The molecule has 0 unspecified atom stereocenters. The van der Waals surface area contributed by atoms with Crippen molar-refractivity contribution in [3.8, 4) is 0 Å². The van der Waals surface area contributed by atoms with Crippen LogP contribution in [-0.2, 0) is 17.8 Å². The van der Waals surface area contributed by atoms with Crippen LogP contribution in [0.4, 0.5) is 15.8 Å². The molecular weight excluding hydrogens is 371 g/mol. The first-order valence-corrected chi connectivity index (χ1v) is 9.72. The molecule has 0 fully saturated rings. The highest BCUT2D eigenvalue weighted by atomic mass is 19.1. The second-order valence-electron chi connectivity index (χ2n) is 7.56. The molecule has 2 amide bonds. The summed E-state index contributed by atoms with van der Waals surface area (Å²) in [6, 6.07) is 8.26. The average molecular weight is 398 g/mol. The van der Waals surface area contributed by atoms with Gasteiger partial charge < -0.3 is 20.9 Å². The fraction of sp³-hybridized carbons (Fsp3) is 0.364. The Hall–Kier alpha value is -2.77. The molecule has 7 heteroatoms. The second kappa shape index (κ2) is 9.15. The third-order valence-electron chi connectivity index (χ3n) is 5.03. The lowest BCUT2D eigenvalue weighted by atomic mass is 9.94. The standard InChI is InChI=1S/C22H27FN4O2/c1-14-4-5-15(12-20(14)26-21(28)9-11-27(2)3)25-22(29)17-6-7-19(23)18-13-24-10-8-16(17)18/h4-7,12,24H,8-11,13H2,1-3H3,(H,25,29)(H,26,28). The zero-order valence-corrected chi connectivity index (χ0v) is 17.1. The smallest absolute Gasteiger partial charge is 0.255 e. The molecule has 3 N–H and O–H groups in total. The van der Waals surface area contributed by atoms with E-state index in [0.717, 1.165) is 11.1 Å². The largest absolute Gasteiger partial charge is 0.326 e. The number of anilines is 2. The molecule has 0 saturated heterocycles. The number of rotatable bonds is 6. The van der Waals surface area contributed by atoms with Crippen molar-refractivity contribution in [2.45, 2.75) is 26.3 Å². The minimum absolute atomic E-state index is 0.0784. The second-order valence-corrected chi connectivity index (χ2v) is 7.56. The molecule has 0 aromatic heterocycles. The van der Waals surface area contributed by atoms with E-state index in [-0.39, 0.29) is 17.6 Å². The maximum atomic E-state index is 14.1. The van der Waals surface area contributed by atoms with Crippen LogP contribution in [0.25, 0.3) is 0 Å². The van der Waals surface area contributed by atoms with Crippen molar-refractivity contribution in [1.82, 2.24) is 10.2 Å². The van der Waals surface area contributed by atoms with Crippen molar-refractivity contribution < 1.29 is 14.0 Å². The number of nitrogens with zero attached hydrogens (tertiary/aromatic N) is 1. The molecule has 2 aromatic rings. The van der Waals surface area contributed by atoms with Crippen LogP contribution >= 0.6 is 0 Å². The summed E-state index contributed by atoms with van der Waals surface area (Å²) in [5, 5.41) is 8.91. The number of hydrogen-bond acceptors (Lipinski definition) is 4. The fourth-order valence-corrected chi connectivity index (χ4v) is 3.35. The lowest BCUT2D eigenvalue weighted by Gasteiger charge is -2.21. The van der Waals surface area contributed by atoms with Gasteiger partial charge in [-0.3, -0.25) is 9.59 Å². The van der Waals surface area contributed by atoms with E-state index in [4.69, 9.17) is 0 Å². The van der Waals surface area contributed by atoms with Crippen molar-refractivity contribution in [2.75, 3.05) is 37.8 Å². The Bertz CT molecular complexity index is 927. The van der Waals surface area contributed by atoms with Gasteiger partial charge >= 0.3 is 0 Å². The number of nitrogens with one attached hydrogen (secondary N) is 3. The number of carbonyl (C=O) groups is 2. The summed E-state index contributed by atoms with van der Waals surface area (Å²) in [7, 11) is 3.83. The maximum absolute atomic E-state index is 14.1. The van der Waals surface area contributed by atoms with E-state index in [1.54, 1.807) is 12.1 Å². The summed E-state index contributed by atoms with van der Waals surface area (Å²) in [5.41, 5.74) is 3.95. The third kappa shape index (κ3) is 5.19. The molecule has 0 radical (unpaired) electrons. The Morgan fingerprint density at radius 3 is 2.69 bits per heavy atom. The number of hydrogen-bond donors (Lipinski definition) is 3. The first-order chi connectivity index (χ1) is 13.8. The first kappa shape index (κ1) is 21.0. The predicted octanol–water partition coefficient (Wildman–Crippen LogP) is 2.92. The van der Waals surface area contributed by atoms with E-state index in [9.17, 15) is 14.0 Å². The molecule has 1 aliphatic rings. The SMILES string of the molecule is Cc1ccc(NC(=O)c2ccc(F)c3c2CCNC3)cc1NC(=O)CCN(C)C. The molecule has 0 atom stereocenters. The molecule has 6 nitrogen and oxygen atoms in total. The van der Waals surface area contributed by atoms with Crippen molar-refractivity contribution >= 4 is 23.2 Å². The van der Waals surface area contributed by atoms with Crippen LogP contribution in [0.1, 0.15) is 33.5 Å². The summed E-state index contributed by atoms with van der Waals surface area (Å²) in [4.78, 5) is 26.9. The Labute approximate surface area is 170 Å². The minimum Gasteiger partial charge on any atom is -0.326 e. The number of halogens is 1. The van der Waals surface area contributed by atoms with Crippen molar-refractivity contribution in [1.29, 1.82) is 0 Å². The summed E-state index contributed by atoms with van der Waals surface area (Å²) < 4.78 is 14.1. The predicted molar refractivity (Wildman–Crippen MR) is 113 cm³/mol. The summed E-state index contributed by atoms with van der Waals surface area (Å²) in [6.45, 7) is 3.70. The highest BCUT2D eigenvalue weighted by Gasteiger charge is 2.21. The van der Waals surface area contributed by atoms with Crippen LogP contribution in [0.2, 0.25) is 0 Å². The van der Waals surface area contributed by atoms with E-state index >= 15 is 0 Å². The third-order valence-corrected chi connectivity index (χ3v) is 5.03. The van der Waals surface area contributed by atoms with E-state index in [0.29, 0.717) is 55.0 Å². The van der Waals surface area contributed by atoms with Crippen LogP contribution in [0.15, 0.2) is 30.3 Å². The van der Waals surface area contributed by atoms with Gasteiger partial charge in [0.2, 0.25) is 5.91 Å². The zero-order chi connectivity index (χ0) is 21.0. The van der Waals surface area contributed by atoms with E-state index in [1.165, 1.54) is 12.1 Å². The van der Waals surface area contributed by atoms with Gasteiger partial charge in [-0.2, -0.15) is 0 Å². The van der Waals surface area contributed by atoms with Gasteiger partial charge in [-0.05, 0) is 69.4 Å². The first-order valence-electron chi connectivity index (χ1n) is 9.72. The molecule has 2 aromatic carbocycles. The molecular formula is C22H27FN4O2. The van der Waals surface area contributed by atoms with Crippen molar-refractivity contribution in [3.63, 3.8) is 0 Å². The number of aryl methyl sites for hydroxylation is 1. The molecule has 0 saturated carbocycles. The number of benzene rings is 2. The van der Waals surface area contributed by atoms with Crippen LogP contribution in [0.5, 0.6) is 0 Å². The van der Waals surface area contributed by atoms with Gasteiger partial charge in [0.05, 0.1) is 0 Å². The van der Waals surface area contributed by atoms with Crippen LogP contribution < -0.4 is 16.0 Å². The van der Waals surface area contributed by atoms with E-state index in [2.05, 4.69) is 16.0 Å². The Morgan fingerprint density at radius 2 is 1.93 bits per heavy atom. The Balaban J connectivity index is 1.75. The van der Waals surface area contributed by atoms with Gasteiger partial charge in [-0.25, -0.2) is 4.39 Å². The van der Waals surface area contributed by atoms with Gasteiger partial charge in [0.25, 0.3) is 5.91 Å². The molecule has 0 aliphatic carbocycles. The minimum atomic E-state index is -0.290. The number of amides is 2. The summed E-state index contributed by atoms with van der Waals surface area (Å²) in [5.74, 6) is -0.649. The van der Waals surface area contributed by atoms with E-state index in [1.807, 2.05) is 32.0 Å². The highest BCUT2D eigenvalue weighted by Crippen LogP contribution is 2.25. The van der Waals surface area contributed by atoms with Gasteiger partial charge in [-0.1, -0.05) is 6.07 Å². The lowest BCUT2D eigenvalue weighted by Crippen LogP contribution is -2.27. The summed E-state index contributed by atoms with van der Waals surface area (Å²) >= 11 is 0. The summed E-state index contributed by atoms with van der Waals surface area (Å²) in [6.07, 6.45) is 0.996. The highest BCUT2D eigenvalue weighted by molar-refractivity contribution is 6.06. The number of fused-ring (bicyclic) bond motifs is 1. The Kier molecular flexibility index (Phi) is 6.61. The van der Waals surface area contributed by atoms with Gasteiger partial charge in [0.1, 0.15) is 5.82 Å². The Morgan fingerprint density at radius 1 is 1.14 bits per heavy atom. The fourth-order valence-electron chi connectivity index (χ4n) is 3.35. The molecule has 1 aliphatic heterocycles. The molecule has 154 valence electrons. The molecule has 29 heavy (non-hydrogen) atoms. The van der Waals surface area contributed by atoms with Crippen LogP contribution in [0, 0.1) is 12.7 Å². The molecule has 0 spiro atoms. The van der Waals surface area contributed by atoms with Crippen LogP contribution in [-0.4, -0.2) is 43.9 Å². The van der Waals surface area contributed by atoms with Gasteiger partial charge in [0, 0.05) is 42.0 Å². The topological polar surface area (TPSA) is 73.5 Å². The van der Waals surface area contributed by atoms with Crippen molar-refractivity contribution in [2.24, 2.45) is 0 Å². The van der Waals surface area contributed by atoms with Gasteiger partial charge in [-0.15, -0.1) is 0 Å². The average Bonchev–Trinajstić information content (AvgIpc) is 2.69. The monoisotopic (exact) mass is 398 g/mol. The molecule has 1 heterocycles. The van der Waals surface area contributed by atoms with E-state index < -0.39 is 0 Å². The quantitative estimate of drug-likeness (QED) is 0.700. The number of carbonyl (C=O) groups excluding carboxylic acids is 2. The zero-order valence-electron chi connectivity index (χ0n) is 17.1. The molecule has 0 bridgehead atoms. The lowest BCUT2D eigenvalue weighted by molar-refractivity contribution is -0.116. The van der Waals surface area contributed by atoms with Crippen molar-refractivity contribution in [3.05, 3.63) is 58.4 Å². The normalized spacial score (nSPS) is 13.1. The molecule has 3 rings (SSSR count). The maximum Gasteiger partial charge on any atom is 0.255 e.